The van der Waals surface area contributed by atoms with Gasteiger partial charge < -0.3 is 15.5 Å². The summed E-state index contributed by atoms with van der Waals surface area (Å²) in [6.07, 6.45) is 0. The summed E-state index contributed by atoms with van der Waals surface area (Å²) < 4.78 is 13.6. The summed E-state index contributed by atoms with van der Waals surface area (Å²) in [4.78, 5) is 28.2. The largest absolute Gasteiger partial charge is 0.354 e. The van der Waals surface area contributed by atoms with Gasteiger partial charge in [-0.3, -0.25) is 9.59 Å². The Hall–Kier alpha value is -4.45. The number of amides is 2. The summed E-state index contributed by atoms with van der Waals surface area (Å²) in [6, 6.07) is 25.0. The number of rotatable bonds is 3. The predicted molar refractivity (Wildman–Crippen MR) is 137 cm³/mol. The quantitative estimate of drug-likeness (QED) is 0.358. The molecule has 2 amide bonds. The fraction of sp³-hybridized carbons (Fsp3) is 0.103. The number of hydrogen-bond acceptors (Lipinski definition) is 3. The summed E-state index contributed by atoms with van der Waals surface area (Å²) in [6.45, 7) is 4.02. The van der Waals surface area contributed by atoms with Gasteiger partial charge in [0.15, 0.2) is 0 Å². The third-order valence-electron chi connectivity index (χ3n) is 6.21. The number of benzene rings is 4. The van der Waals surface area contributed by atoms with E-state index in [-0.39, 0.29) is 11.5 Å². The van der Waals surface area contributed by atoms with Crippen molar-refractivity contribution in [3.8, 4) is 0 Å². The number of hydrogen-bond donors (Lipinski definition) is 2. The Labute approximate surface area is 203 Å². The van der Waals surface area contributed by atoms with Gasteiger partial charge in [-0.05, 0) is 79.1 Å². The van der Waals surface area contributed by atoms with E-state index in [4.69, 9.17) is 0 Å². The normalized spacial score (nSPS) is 12.1. The predicted octanol–water partition coefficient (Wildman–Crippen LogP) is 6.60. The van der Waals surface area contributed by atoms with Crippen LogP contribution < -0.4 is 15.5 Å². The van der Waals surface area contributed by atoms with Crippen LogP contribution in [0.25, 0.3) is 0 Å². The Morgan fingerprint density at radius 2 is 1.57 bits per heavy atom. The molecule has 1 heterocycles. The molecule has 2 N–H and O–H groups in total. The van der Waals surface area contributed by atoms with Gasteiger partial charge in [-0.1, -0.05) is 36.4 Å². The highest BCUT2D eigenvalue weighted by atomic mass is 19.1. The molecule has 0 atom stereocenters. The van der Waals surface area contributed by atoms with E-state index in [1.807, 2.05) is 55.5 Å². The van der Waals surface area contributed by atoms with Crippen LogP contribution in [0.2, 0.25) is 0 Å². The summed E-state index contributed by atoms with van der Waals surface area (Å²) in [7, 11) is 0. The van der Waals surface area contributed by atoms with E-state index >= 15 is 0 Å². The zero-order chi connectivity index (χ0) is 24.5. The molecule has 0 saturated heterocycles. The fourth-order valence-electron chi connectivity index (χ4n) is 4.34. The molecule has 4 aromatic carbocycles. The van der Waals surface area contributed by atoms with E-state index < -0.39 is 11.7 Å². The van der Waals surface area contributed by atoms with Crippen molar-refractivity contribution in [1.82, 2.24) is 0 Å². The lowest BCUT2D eigenvalue weighted by atomic mass is 10.0. The van der Waals surface area contributed by atoms with Gasteiger partial charge in [-0.25, -0.2) is 4.39 Å². The third-order valence-corrected chi connectivity index (χ3v) is 6.21. The van der Waals surface area contributed by atoms with Crippen LogP contribution in [0.3, 0.4) is 0 Å². The molecule has 0 spiro atoms. The molecule has 35 heavy (non-hydrogen) atoms. The maximum absolute atomic E-state index is 13.8. The van der Waals surface area contributed by atoms with Gasteiger partial charge >= 0.3 is 0 Å². The summed E-state index contributed by atoms with van der Waals surface area (Å²) in [5.41, 5.74) is 6.41. The maximum Gasteiger partial charge on any atom is 0.258 e. The number of anilines is 4. The second-order valence-corrected chi connectivity index (χ2v) is 8.63. The highest BCUT2D eigenvalue weighted by molar-refractivity contribution is 6.10. The molecule has 5 nitrogen and oxygen atoms in total. The summed E-state index contributed by atoms with van der Waals surface area (Å²) >= 11 is 0. The molecule has 0 saturated carbocycles. The van der Waals surface area contributed by atoms with Gasteiger partial charge in [0.05, 0.1) is 17.9 Å². The Morgan fingerprint density at radius 3 is 2.37 bits per heavy atom. The lowest BCUT2D eigenvalue weighted by Gasteiger charge is -2.24. The molecule has 0 aromatic heterocycles. The van der Waals surface area contributed by atoms with Crippen LogP contribution in [0, 0.1) is 19.7 Å². The van der Waals surface area contributed by atoms with Gasteiger partial charge in [-0.15, -0.1) is 0 Å². The van der Waals surface area contributed by atoms with Gasteiger partial charge in [0.25, 0.3) is 11.8 Å². The first kappa shape index (κ1) is 22.3. The number of aryl methyl sites for hydroxylation is 2. The minimum absolute atomic E-state index is 0.132. The molecule has 1 aliphatic rings. The van der Waals surface area contributed by atoms with Crippen molar-refractivity contribution in [3.63, 3.8) is 0 Å². The van der Waals surface area contributed by atoms with Gasteiger partial charge in [0.2, 0.25) is 0 Å². The zero-order valence-electron chi connectivity index (χ0n) is 19.4. The number of carbonyl (C=O) groups excluding carboxylic acids is 2. The van der Waals surface area contributed by atoms with Crippen molar-refractivity contribution in [2.24, 2.45) is 0 Å². The van der Waals surface area contributed by atoms with Crippen molar-refractivity contribution in [2.75, 3.05) is 15.5 Å². The van der Waals surface area contributed by atoms with Crippen LogP contribution in [0.5, 0.6) is 0 Å². The van der Waals surface area contributed by atoms with Crippen molar-refractivity contribution in [2.45, 2.75) is 20.4 Å². The number of carbonyl (C=O) groups is 2. The first-order valence-corrected chi connectivity index (χ1v) is 11.3. The van der Waals surface area contributed by atoms with Crippen molar-refractivity contribution in [1.29, 1.82) is 0 Å². The number of fused-ring (bicyclic) bond motifs is 2. The standard InChI is InChI=1S/C29H24FN3O2/c1-18-11-12-21(30)16-24(18)28(34)31-22-13-14-23(19(2)15-22)29(35)33-17-20-7-3-4-8-25(20)32-26-9-5-6-10-27(26)33/h3-16,32H,17H2,1-2H3,(H,31,34). The van der Waals surface area contributed by atoms with E-state index in [0.717, 1.165) is 28.2 Å². The van der Waals surface area contributed by atoms with Gasteiger partial charge in [0, 0.05) is 22.5 Å². The molecular formula is C29H24FN3O2. The van der Waals surface area contributed by atoms with Crippen molar-refractivity contribution >= 4 is 34.6 Å². The number of nitrogens with one attached hydrogen (secondary N) is 2. The number of nitrogens with zero attached hydrogens (tertiary/aromatic N) is 1. The first-order chi connectivity index (χ1) is 16.9. The molecule has 0 bridgehead atoms. The minimum atomic E-state index is -0.466. The van der Waals surface area contributed by atoms with Crippen LogP contribution in [-0.4, -0.2) is 11.8 Å². The first-order valence-electron chi connectivity index (χ1n) is 11.3. The minimum Gasteiger partial charge on any atom is -0.354 e. The second kappa shape index (κ2) is 9.06. The Balaban J connectivity index is 1.44. The monoisotopic (exact) mass is 465 g/mol. The molecule has 4 aromatic rings. The maximum atomic E-state index is 13.8. The molecule has 1 aliphatic heterocycles. The average Bonchev–Trinajstić information content (AvgIpc) is 3.02. The molecule has 0 fully saturated rings. The second-order valence-electron chi connectivity index (χ2n) is 8.63. The van der Waals surface area contributed by atoms with Crippen molar-refractivity contribution in [3.05, 3.63) is 119 Å². The SMILES string of the molecule is Cc1ccc(F)cc1C(=O)Nc1ccc(C(=O)N2Cc3ccccc3Nc3ccccc32)c(C)c1. The van der Waals surface area contributed by atoms with Crippen molar-refractivity contribution < 1.29 is 14.0 Å². The van der Waals surface area contributed by atoms with E-state index in [1.165, 1.54) is 12.1 Å². The number of para-hydroxylation sites is 3. The van der Waals surface area contributed by atoms with Crippen LogP contribution in [0.1, 0.15) is 37.4 Å². The molecule has 6 heteroatoms. The summed E-state index contributed by atoms with van der Waals surface area (Å²) in [5, 5.41) is 6.25. The Morgan fingerprint density at radius 1 is 0.829 bits per heavy atom. The molecule has 0 unspecified atom stereocenters. The van der Waals surface area contributed by atoms with E-state index in [0.29, 0.717) is 23.4 Å². The average molecular weight is 466 g/mol. The number of halogens is 1. The smallest absolute Gasteiger partial charge is 0.258 e. The van der Waals surface area contributed by atoms with Crippen LogP contribution >= 0.6 is 0 Å². The van der Waals surface area contributed by atoms with E-state index in [9.17, 15) is 14.0 Å². The molecule has 0 aliphatic carbocycles. The molecular weight excluding hydrogens is 441 g/mol. The molecule has 5 rings (SSSR count). The van der Waals surface area contributed by atoms with E-state index in [1.54, 1.807) is 36.1 Å². The lowest BCUT2D eigenvalue weighted by Crippen LogP contribution is -2.30. The highest BCUT2D eigenvalue weighted by Gasteiger charge is 2.25. The Bertz CT molecular complexity index is 1460. The van der Waals surface area contributed by atoms with Crippen LogP contribution in [-0.2, 0) is 6.54 Å². The molecule has 0 radical (unpaired) electrons. The topological polar surface area (TPSA) is 61.4 Å². The zero-order valence-corrected chi connectivity index (χ0v) is 19.4. The lowest BCUT2D eigenvalue weighted by molar-refractivity contribution is 0.0983. The van der Waals surface area contributed by atoms with Gasteiger partial charge in [0.1, 0.15) is 5.82 Å². The fourth-order valence-corrected chi connectivity index (χ4v) is 4.34. The summed E-state index contributed by atoms with van der Waals surface area (Å²) in [5.74, 6) is -0.997. The van der Waals surface area contributed by atoms with Gasteiger partial charge in [-0.2, -0.15) is 0 Å². The van der Waals surface area contributed by atoms with E-state index in [2.05, 4.69) is 10.6 Å². The Kier molecular flexibility index (Phi) is 5.79. The highest BCUT2D eigenvalue weighted by Crippen LogP contribution is 2.36. The molecule has 174 valence electrons. The third kappa shape index (κ3) is 4.38. The van der Waals surface area contributed by atoms with Crippen LogP contribution in [0.4, 0.5) is 27.1 Å². The van der Waals surface area contributed by atoms with Crippen LogP contribution in [0.15, 0.2) is 84.9 Å².